The van der Waals surface area contributed by atoms with Crippen molar-refractivity contribution in [2.45, 2.75) is 26.0 Å². The number of nitrogens with two attached hydrogens (primary N) is 1. The third kappa shape index (κ3) is 2.91. The summed E-state index contributed by atoms with van der Waals surface area (Å²) in [5, 5.41) is 0. The average molecular weight is 272 g/mol. The van der Waals surface area contributed by atoms with Gasteiger partial charge in [-0.1, -0.05) is 18.2 Å². The third-order valence-electron chi connectivity index (χ3n) is 3.21. The van der Waals surface area contributed by atoms with Crippen molar-refractivity contribution in [3.05, 3.63) is 53.9 Å². The molecule has 106 valence electrons. The van der Waals surface area contributed by atoms with Gasteiger partial charge in [-0.25, -0.2) is 0 Å². The Balaban J connectivity index is 2.38. The Morgan fingerprint density at radius 1 is 1.20 bits per heavy atom. The van der Waals surface area contributed by atoms with Gasteiger partial charge in [-0.2, -0.15) is 0 Å². The van der Waals surface area contributed by atoms with E-state index in [0.717, 1.165) is 11.1 Å². The SMILES string of the molecule is COc1cccc(CN)c1OC(C)(C)c1cccnc1. The number of hydrogen-bond acceptors (Lipinski definition) is 4. The highest BCUT2D eigenvalue weighted by Crippen LogP contribution is 2.36. The lowest BCUT2D eigenvalue weighted by Crippen LogP contribution is -2.26. The van der Waals surface area contributed by atoms with Crippen molar-refractivity contribution in [3.63, 3.8) is 0 Å². The first-order valence-corrected chi connectivity index (χ1v) is 6.54. The molecular formula is C16H20N2O2. The van der Waals surface area contributed by atoms with E-state index in [-0.39, 0.29) is 0 Å². The molecule has 4 heteroatoms. The summed E-state index contributed by atoms with van der Waals surface area (Å²) in [5.74, 6) is 1.37. The normalized spacial score (nSPS) is 11.2. The fourth-order valence-corrected chi connectivity index (χ4v) is 2.03. The van der Waals surface area contributed by atoms with E-state index >= 15 is 0 Å². The van der Waals surface area contributed by atoms with E-state index in [0.29, 0.717) is 18.0 Å². The molecule has 0 fully saturated rings. The summed E-state index contributed by atoms with van der Waals surface area (Å²) in [5.41, 5.74) is 7.18. The predicted octanol–water partition coefficient (Wildman–Crippen LogP) is 2.86. The summed E-state index contributed by atoms with van der Waals surface area (Å²) in [7, 11) is 1.62. The summed E-state index contributed by atoms with van der Waals surface area (Å²) in [6, 6.07) is 9.60. The number of benzene rings is 1. The Morgan fingerprint density at radius 2 is 2.00 bits per heavy atom. The van der Waals surface area contributed by atoms with Gasteiger partial charge in [0.25, 0.3) is 0 Å². The second-order valence-corrected chi connectivity index (χ2v) is 5.01. The number of pyridine rings is 1. The van der Waals surface area contributed by atoms with E-state index in [2.05, 4.69) is 4.98 Å². The minimum atomic E-state index is -0.521. The minimum Gasteiger partial charge on any atom is -0.493 e. The molecule has 2 N–H and O–H groups in total. The number of nitrogens with zero attached hydrogens (tertiary/aromatic N) is 1. The van der Waals surface area contributed by atoms with Crippen molar-refractivity contribution in [1.82, 2.24) is 4.98 Å². The maximum absolute atomic E-state index is 6.19. The van der Waals surface area contributed by atoms with Crippen LogP contribution in [0.4, 0.5) is 0 Å². The fourth-order valence-electron chi connectivity index (χ4n) is 2.03. The number of hydrogen-bond donors (Lipinski definition) is 1. The Hall–Kier alpha value is -2.07. The second-order valence-electron chi connectivity index (χ2n) is 5.01. The van der Waals surface area contributed by atoms with Crippen molar-refractivity contribution in [3.8, 4) is 11.5 Å². The highest BCUT2D eigenvalue weighted by Gasteiger charge is 2.25. The number of para-hydroxylation sites is 1. The van der Waals surface area contributed by atoms with Crippen LogP contribution in [-0.2, 0) is 12.1 Å². The molecule has 0 saturated heterocycles. The van der Waals surface area contributed by atoms with Crippen molar-refractivity contribution in [1.29, 1.82) is 0 Å². The summed E-state index contributed by atoms with van der Waals surface area (Å²) in [6.45, 7) is 4.39. The molecule has 0 aliphatic heterocycles. The average Bonchev–Trinajstić information content (AvgIpc) is 2.48. The Labute approximate surface area is 119 Å². The molecule has 0 aliphatic carbocycles. The molecule has 0 bridgehead atoms. The van der Waals surface area contributed by atoms with Crippen LogP contribution in [0.3, 0.4) is 0 Å². The predicted molar refractivity (Wildman–Crippen MR) is 78.8 cm³/mol. The van der Waals surface area contributed by atoms with Crippen LogP contribution in [0.15, 0.2) is 42.7 Å². The topological polar surface area (TPSA) is 57.4 Å². The first-order chi connectivity index (χ1) is 9.58. The zero-order valence-electron chi connectivity index (χ0n) is 12.1. The van der Waals surface area contributed by atoms with Gasteiger partial charge in [0.15, 0.2) is 11.5 Å². The largest absolute Gasteiger partial charge is 0.493 e. The molecule has 4 nitrogen and oxygen atoms in total. The van der Waals surface area contributed by atoms with Gasteiger partial charge in [0.1, 0.15) is 5.60 Å². The lowest BCUT2D eigenvalue weighted by atomic mass is 10.00. The molecule has 0 saturated carbocycles. The Kier molecular flexibility index (Phi) is 4.25. The molecule has 2 aromatic rings. The van der Waals surface area contributed by atoms with Gasteiger partial charge < -0.3 is 15.2 Å². The molecule has 0 radical (unpaired) electrons. The highest BCUT2D eigenvalue weighted by molar-refractivity contribution is 5.47. The second kappa shape index (κ2) is 5.92. The van der Waals surface area contributed by atoms with Gasteiger partial charge in [-0.15, -0.1) is 0 Å². The molecule has 1 heterocycles. The lowest BCUT2D eigenvalue weighted by molar-refractivity contribution is 0.102. The molecule has 0 unspecified atom stereocenters. The maximum Gasteiger partial charge on any atom is 0.166 e. The van der Waals surface area contributed by atoms with Crippen LogP contribution in [0.1, 0.15) is 25.0 Å². The molecule has 20 heavy (non-hydrogen) atoms. The Morgan fingerprint density at radius 3 is 2.60 bits per heavy atom. The quantitative estimate of drug-likeness (QED) is 0.909. The van der Waals surface area contributed by atoms with Crippen LogP contribution >= 0.6 is 0 Å². The molecular weight excluding hydrogens is 252 g/mol. The van der Waals surface area contributed by atoms with Crippen LogP contribution in [-0.4, -0.2) is 12.1 Å². The van der Waals surface area contributed by atoms with E-state index in [1.807, 2.05) is 44.2 Å². The number of methoxy groups -OCH3 is 1. The highest BCUT2D eigenvalue weighted by atomic mass is 16.5. The van der Waals surface area contributed by atoms with Gasteiger partial charge in [0, 0.05) is 30.1 Å². The molecule has 0 spiro atoms. The first kappa shape index (κ1) is 14.3. The van der Waals surface area contributed by atoms with E-state index in [1.165, 1.54) is 0 Å². The summed E-state index contributed by atoms with van der Waals surface area (Å²) in [6.07, 6.45) is 3.55. The monoisotopic (exact) mass is 272 g/mol. The minimum absolute atomic E-state index is 0.398. The third-order valence-corrected chi connectivity index (χ3v) is 3.21. The van der Waals surface area contributed by atoms with Gasteiger partial charge >= 0.3 is 0 Å². The summed E-state index contributed by atoms with van der Waals surface area (Å²) < 4.78 is 11.6. The standard InChI is InChI=1S/C16H20N2O2/c1-16(2,13-7-5-9-18-11-13)20-15-12(10-17)6-4-8-14(15)19-3/h4-9,11H,10,17H2,1-3H3. The Bertz CT molecular complexity index is 546. The van der Waals surface area contributed by atoms with Crippen LogP contribution in [0, 0.1) is 0 Å². The van der Waals surface area contributed by atoms with Crippen LogP contribution < -0.4 is 15.2 Å². The smallest absolute Gasteiger partial charge is 0.166 e. The number of aromatic nitrogens is 1. The van der Waals surface area contributed by atoms with Gasteiger partial charge in [0.05, 0.1) is 7.11 Å². The summed E-state index contributed by atoms with van der Waals surface area (Å²) in [4.78, 5) is 4.14. The van der Waals surface area contributed by atoms with Crippen molar-refractivity contribution in [2.75, 3.05) is 7.11 Å². The lowest BCUT2D eigenvalue weighted by Gasteiger charge is -2.28. The number of ether oxygens (including phenoxy) is 2. The molecule has 2 rings (SSSR count). The number of rotatable bonds is 5. The van der Waals surface area contributed by atoms with Gasteiger partial charge in [0.2, 0.25) is 0 Å². The molecule has 1 aromatic carbocycles. The molecule has 0 aliphatic rings. The molecule has 0 amide bonds. The van der Waals surface area contributed by atoms with Crippen molar-refractivity contribution < 1.29 is 9.47 Å². The summed E-state index contributed by atoms with van der Waals surface area (Å²) >= 11 is 0. The first-order valence-electron chi connectivity index (χ1n) is 6.54. The van der Waals surface area contributed by atoms with Crippen LogP contribution in [0.25, 0.3) is 0 Å². The van der Waals surface area contributed by atoms with Gasteiger partial charge in [-0.3, -0.25) is 4.98 Å². The zero-order chi connectivity index (χ0) is 14.6. The van der Waals surface area contributed by atoms with Crippen molar-refractivity contribution >= 4 is 0 Å². The van der Waals surface area contributed by atoms with Crippen LogP contribution in [0.2, 0.25) is 0 Å². The zero-order valence-corrected chi connectivity index (χ0v) is 12.1. The molecule has 1 aromatic heterocycles. The fraction of sp³-hybridized carbons (Fsp3) is 0.312. The maximum atomic E-state index is 6.19. The van der Waals surface area contributed by atoms with E-state index in [9.17, 15) is 0 Å². The van der Waals surface area contributed by atoms with E-state index in [4.69, 9.17) is 15.2 Å². The van der Waals surface area contributed by atoms with Crippen molar-refractivity contribution in [2.24, 2.45) is 5.73 Å². The van der Waals surface area contributed by atoms with E-state index in [1.54, 1.807) is 19.5 Å². The molecule has 0 atom stereocenters. The van der Waals surface area contributed by atoms with E-state index < -0.39 is 5.60 Å². The van der Waals surface area contributed by atoms with Gasteiger partial charge in [-0.05, 0) is 26.0 Å². The van der Waals surface area contributed by atoms with Crippen LogP contribution in [0.5, 0.6) is 11.5 Å².